The Labute approximate surface area is 286 Å². The predicted octanol–water partition coefficient (Wildman–Crippen LogP) is 8.34. The highest BCUT2D eigenvalue weighted by atomic mass is 35.5. The van der Waals surface area contributed by atoms with Crippen LogP contribution in [0.1, 0.15) is 124 Å². The van der Waals surface area contributed by atoms with E-state index in [2.05, 4.69) is 53.8 Å². The lowest BCUT2D eigenvalue weighted by Crippen LogP contribution is -2.66. The van der Waals surface area contributed by atoms with Gasteiger partial charge in [-0.25, -0.2) is 0 Å². The quantitative estimate of drug-likeness (QED) is 0.298. The van der Waals surface area contributed by atoms with E-state index in [0.29, 0.717) is 28.8 Å². The number of ketones is 1. The van der Waals surface area contributed by atoms with Gasteiger partial charge in [0.2, 0.25) is 0 Å². The van der Waals surface area contributed by atoms with Crippen LogP contribution in [0.2, 0.25) is 5.02 Å². The van der Waals surface area contributed by atoms with Gasteiger partial charge in [-0.1, -0.05) is 65.6 Å². The second-order valence-corrected chi connectivity index (χ2v) is 18.0. The van der Waals surface area contributed by atoms with Crippen LogP contribution in [0, 0.1) is 50.7 Å². The SMILES string of the molecule is CC(=O)O[C@H]1CC[C@]2(C)[C@H]3CC[C@@H]4C5=C(C(C)C)C(=O)C[C@]5(C(O)CNC(=O)c5ccc(Cl)cc5)CC[C@@]4(C)[C@]3(C)CC[C@H]2C1(C)C. The summed E-state index contributed by atoms with van der Waals surface area (Å²) in [5, 5.41) is 15.6. The van der Waals surface area contributed by atoms with Crippen molar-refractivity contribution in [2.75, 3.05) is 6.54 Å². The summed E-state index contributed by atoms with van der Waals surface area (Å²) in [4.78, 5) is 39.0. The molecule has 2 N–H and O–H groups in total. The van der Waals surface area contributed by atoms with Gasteiger partial charge in [0, 0.05) is 41.3 Å². The largest absolute Gasteiger partial charge is 0.462 e. The number of carbonyl (C=O) groups is 3. The average Bonchev–Trinajstić information content (AvgIpc) is 3.31. The lowest BCUT2D eigenvalue weighted by atomic mass is 9.33. The van der Waals surface area contributed by atoms with E-state index >= 15 is 0 Å². The first-order valence-corrected chi connectivity index (χ1v) is 18.5. The van der Waals surface area contributed by atoms with E-state index in [1.807, 2.05) is 0 Å². The molecule has 6 nitrogen and oxygen atoms in total. The van der Waals surface area contributed by atoms with Crippen molar-refractivity contribution in [1.29, 1.82) is 0 Å². The summed E-state index contributed by atoms with van der Waals surface area (Å²) in [5.74, 6) is 1.04. The van der Waals surface area contributed by atoms with Crippen LogP contribution in [0.4, 0.5) is 0 Å². The van der Waals surface area contributed by atoms with E-state index in [1.54, 1.807) is 24.3 Å². The van der Waals surface area contributed by atoms with Gasteiger partial charge in [-0.15, -0.1) is 0 Å². The molecule has 0 saturated heterocycles. The molecule has 1 aromatic rings. The zero-order chi connectivity index (χ0) is 34.3. The van der Waals surface area contributed by atoms with E-state index in [4.69, 9.17) is 16.3 Å². The molecule has 7 heteroatoms. The number of benzene rings is 1. The summed E-state index contributed by atoms with van der Waals surface area (Å²) in [6.07, 6.45) is 7.43. The maximum Gasteiger partial charge on any atom is 0.302 e. The summed E-state index contributed by atoms with van der Waals surface area (Å²) in [6, 6.07) is 6.76. The Morgan fingerprint density at radius 2 is 1.62 bits per heavy atom. The van der Waals surface area contributed by atoms with E-state index in [9.17, 15) is 19.5 Å². The van der Waals surface area contributed by atoms with Gasteiger partial charge in [0.1, 0.15) is 6.10 Å². The van der Waals surface area contributed by atoms with Gasteiger partial charge < -0.3 is 15.2 Å². The van der Waals surface area contributed by atoms with Crippen molar-refractivity contribution in [2.45, 2.75) is 125 Å². The highest BCUT2D eigenvalue weighted by Gasteiger charge is 2.70. The molecular formula is C40H56ClNO5. The highest BCUT2D eigenvalue weighted by Crippen LogP contribution is 2.77. The van der Waals surface area contributed by atoms with E-state index in [-0.39, 0.29) is 63.8 Å². The van der Waals surface area contributed by atoms with Gasteiger partial charge in [0.15, 0.2) is 5.78 Å². The van der Waals surface area contributed by atoms with Crippen molar-refractivity contribution < 1.29 is 24.2 Å². The van der Waals surface area contributed by atoms with Crippen LogP contribution in [0.3, 0.4) is 0 Å². The molecule has 9 atom stereocenters. The molecule has 47 heavy (non-hydrogen) atoms. The number of aliphatic hydroxyl groups is 1. The van der Waals surface area contributed by atoms with Gasteiger partial charge in [0.25, 0.3) is 5.91 Å². The number of hydrogen-bond donors (Lipinski definition) is 2. The van der Waals surface area contributed by atoms with Crippen molar-refractivity contribution >= 4 is 29.3 Å². The smallest absolute Gasteiger partial charge is 0.302 e. The Morgan fingerprint density at radius 1 is 0.936 bits per heavy atom. The highest BCUT2D eigenvalue weighted by molar-refractivity contribution is 6.30. The number of esters is 1. The lowest BCUT2D eigenvalue weighted by Gasteiger charge is -2.72. The van der Waals surface area contributed by atoms with Crippen LogP contribution in [-0.4, -0.2) is 41.5 Å². The second kappa shape index (κ2) is 11.7. The first-order chi connectivity index (χ1) is 21.9. The predicted molar refractivity (Wildman–Crippen MR) is 185 cm³/mol. The Morgan fingerprint density at radius 3 is 2.26 bits per heavy atom. The fourth-order valence-corrected chi connectivity index (χ4v) is 12.7. The molecule has 0 bridgehead atoms. The number of aliphatic hydroxyl groups excluding tert-OH is 1. The summed E-state index contributed by atoms with van der Waals surface area (Å²) in [5.41, 5.74) is 2.11. The zero-order valence-electron chi connectivity index (χ0n) is 29.8. The number of nitrogens with one attached hydrogen (secondary N) is 1. The molecule has 6 rings (SSSR count). The Bertz CT molecular complexity index is 1480. The standard InChI is InChI=1S/C40H56ClNO5/c1-23(2)33-28(44)21-40(31(45)22-42-35(46)25-9-11-26(41)12-10-25)20-19-38(7)27(34(33)40)13-14-30-37(6)17-16-32(47-24(3)43)36(4,5)29(37)15-18-39(30,38)8/h9-12,23,27,29-32,45H,13-22H2,1-8H3,(H,42,46)/t27-,29+,30-,31?,32+,37+,38-,39-,40+/m1/s1. The zero-order valence-corrected chi connectivity index (χ0v) is 30.6. The fraction of sp³-hybridized carbons (Fsp3) is 0.725. The van der Waals surface area contributed by atoms with Crippen molar-refractivity contribution in [3.8, 4) is 0 Å². The maximum atomic E-state index is 13.9. The number of amides is 1. The van der Waals surface area contributed by atoms with E-state index < -0.39 is 11.5 Å². The minimum atomic E-state index is -0.852. The second-order valence-electron chi connectivity index (χ2n) is 17.5. The molecule has 5 aliphatic rings. The Kier molecular flexibility index (Phi) is 8.64. The molecule has 0 radical (unpaired) electrons. The van der Waals surface area contributed by atoms with Gasteiger partial charge in [-0.3, -0.25) is 14.4 Å². The van der Waals surface area contributed by atoms with Crippen molar-refractivity contribution in [3.63, 3.8) is 0 Å². The molecule has 1 aromatic carbocycles. The number of allylic oxidation sites excluding steroid dienone is 1. The molecule has 0 heterocycles. The number of hydrogen-bond acceptors (Lipinski definition) is 5. The molecule has 4 saturated carbocycles. The van der Waals surface area contributed by atoms with E-state index in [1.165, 1.54) is 12.5 Å². The van der Waals surface area contributed by atoms with Crippen LogP contribution in [0.15, 0.2) is 35.4 Å². The summed E-state index contributed by atoms with van der Waals surface area (Å²) < 4.78 is 5.92. The number of rotatable bonds is 6. The minimum Gasteiger partial charge on any atom is -0.462 e. The molecule has 1 unspecified atom stereocenters. The third-order valence-electron chi connectivity index (χ3n) is 14.9. The number of fused-ring (bicyclic) bond motifs is 7. The molecule has 258 valence electrons. The molecule has 0 aromatic heterocycles. The lowest BCUT2D eigenvalue weighted by molar-refractivity contribution is -0.234. The van der Waals surface area contributed by atoms with Gasteiger partial charge in [-0.2, -0.15) is 0 Å². The molecule has 0 aliphatic heterocycles. The van der Waals surface area contributed by atoms with Gasteiger partial charge in [0.05, 0.1) is 6.10 Å². The average molecular weight is 666 g/mol. The van der Waals surface area contributed by atoms with Crippen LogP contribution >= 0.6 is 11.6 Å². The van der Waals surface area contributed by atoms with Crippen LogP contribution in [0.25, 0.3) is 0 Å². The molecular weight excluding hydrogens is 610 g/mol. The fourth-order valence-electron chi connectivity index (χ4n) is 12.6. The number of halogens is 1. The monoisotopic (exact) mass is 665 g/mol. The van der Waals surface area contributed by atoms with Gasteiger partial charge in [-0.05, 0) is 121 Å². The van der Waals surface area contributed by atoms with Gasteiger partial charge >= 0.3 is 5.97 Å². The Hall–Kier alpha value is -2.18. The van der Waals surface area contributed by atoms with E-state index in [0.717, 1.165) is 56.9 Å². The summed E-state index contributed by atoms with van der Waals surface area (Å²) in [7, 11) is 0. The minimum absolute atomic E-state index is 0.0172. The van der Waals surface area contributed by atoms with Crippen molar-refractivity contribution in [3.05, 3.63) is 46.0 Å². The first kappa shape index (κ1) is 34.7. The van der Waals surface area contributed by atoms with Crippen LogP contribution < -0.4 is 5.32 Å². The van der Waals surface area contributed by atoms with Crippen molar-refractivity contribution in [2.24, 2.45) is 50.7 Å². The number of Topliss-reactive ketones (excluding diaryl/α,β-unsaturated/α-hetero) is 1. The molecule has 5 aliphatic carbocycles. The molecule has 0 spiro atoms. The summed E-state index contributed by atoms with van der Waals surface area (Å²) in [6.45, 7) is 18.1. The topological polar surface area (TPSA) is 92.7 Å². The third kappa shape index (κ3) is 5.08. The number of ether oxygens (including phenoxy) is 1. The molecule has 4 fully saturated rings. The Balaban J connectivity index is 1.32. The molecule has 1 amide bonds. The van der Waals surface area contributed by atoms with Crippen LogP contribution in [0.5, 0.6) is 0 Å². The van der Waals surface area contributed by atoms with Crippen molar-refractivity contribution in [1.82, 2.24) is 5.32 Å². The number of carbonyl (C=O) groups excluding carboxylic acids is 3. The van der Waals surface area contributed by atoms with Crippen LogP contribution in [-0.2, 0) is 14.3 Å². The maximum absolute atomic E-state index is 13.9. The summed E-state index contributed by atoms with van der Waals surface area (Å²) >= 11 is 6.03. The first-order valence-electron chi connectivity index (χ1n) is 18.1. The normalized spacial score (nSPS) is 39.8. The third-order valence-corrected chi connectivity index (χ3v) is 15.2.